The van der Waals surface area contributed by atoms with Crippen LogP contribution in [-0.2, 0) is 9.59 Å². The molecule has 0 spiro atoms. The third-order valence-electron chi connectivity index (χ3n) is 3.86. The molecule has 3 rings (SSSR count). The number of benzene rings is 2. The molecular weight excluding hydrogens is 333 g/mol. The number of imide groups is 1. The summed E-state index contributed by atoms with van der Waals surface area (Å²) in [5, 5.41) is 0.497. The SMILES string of the molecule is C[C@H](c1ccccc1)N1C(=O)C(Cl)=C(c2ccc(Cl)cc2)C1=O. The molecule has 0 aromatic heterocycles. The molecule has 1 aliphatic heterocycles. The number of amides is 2. The number of hydrogen-bond donors (Lipinski definition) is 0. The summed E-state index contributed by atoms with van der Waals surface area (Å²) in [7, 11) is 0. The Labute approximate surface area is 144 Å². The Morgan fingerprint density at radius 2 is 1.48 bits per heavy atom. The number of hydrogen-bond acceptors (Lipinski definition) is 2. The van der Waals surface area contributed by atoms with Crippen molar-refractivity contribution in [1.82, 2.24) is 4.90 Å². The van der Waals surface area contributed by atoms with Crippen LogP contribution in [0, 0.1) is 0 Å². The maximum Gasteiger partial charge on any atom is 0.273 e. The van der Waals surface area contributed by atoms with Gasteiger partial charge in [-0.3, -0.25) is 14.5 Å². The van der Waals surface area contributed by atoms with Gasteiger partial charge in [0.05, 0.1) is 11.6 Å². The second-order valence-electron chi connectivity index (χ2n) is 5.26. The van der Waals surface area contributed by atoms with Crippen LogP contribution in [0.15, 0.2) is 59.6 Å². The molecule has 3 nitrogen and oxygen atoms in total. The highest BCUT2D eigenvalue weighted by molar-refractivity contribution is 6.55. The minimum Gasteiger partial charge on any atom is -0.268 e. The van der Waals surface area contributed by atoms with Gasteiger partial charge in [-0.15, -0.1) is 0 Å². The van der Waals surface area contributed by atoms with E-state index in [1.807, 2.05) is 30.3 Å². The van der Waals surface area contributed by atoms with Gasteiger partial charge in [-0.05, 0) is 30.2 Å². The summed E-state index contributed by atoms with van der Waals surface area (Å²) < 4.78 is 0. The molecule has 1 aliphatic rings. The van der Waals surface area contributed by atoms with Crippen LogP contribution in [0.2, 0.25) is 5.02 Å². The van der Waals surface area contributed by atoms with Crippen molar-refractivity contribution in [1.29, 1.82) is 0 Å². The number of halogens is 2. The molecule has 0 saturated heterocycles. The molecule has 2 aromatic rings. The quantitative estimate of drug-likeness (QED) is 0.772. The van der Waals surface area contributed by atoms with Gasteiger partial charge in [0.15, 0.2) is 0 Å². The molecule has 0 fully saturated rings. The van der Waals surface area contributed by atoms with Crippen molar-refractivity contribution in [2.75, 3.05) is 0 Å². The van der Waals surface area contributed by atoms with E-state index in [9.17, 15) is 9.59 Å². The van der Waals surface area contributed by atoms with Crippen molar-refractivity contribution in [2.24, 2.45) is 0 Å². The Bertz CT molecular complexity index is 798. The summed E-state index contributed by atoms with van der Waals surface area (Å²) in [5.41, 5.74) is 1.67. The van der Waals surface area contributed by atoms with E-state index >= 15 is 0 Å². The maximum absolute atomic E-state index is 12.8. The van der Waals surface area contributed by atoms with Crippen LogP contribution in [-0.4, -0.2) is 16.7 Å². The van der Waals surface area contributed by atoms with E-state index in [0.29, 0.717) is 10.6 Å². The van der Waals surface area contributed by atoms with E-state index in [0.717, 1.165) is 5.56 Å². The summed E-state index contributed by atoms with van der Waals surface area (Å²) in [4.78, 5) is 26.4. The topological polar surface area (TPSA) is 37.4 Å². The number of rotatable bonds is 3. The van der Waals surface area contributed by atoms with Crippen molar-refractivity contribution in [2.45, 2.75) is 13.0 Å². The van der Waals surface area contributed by atoms with Gasteiger partial charge in [0, 0.05) is 5.02 Å². The van der Waals surface area contributed by atoms with Crippen molar-refractivity contribution in [3.63, 3.8) is 0 Å². The van der Waals surface area contributed by atoms with Crippen LogP contribution in [0.1, 0.15) is 24.1 Å². The Hall–Kier alpha value is -2.10. The van der Waals surface area contributed by atoms with Gasteiger partial charge in [-0.25, -0.2) is 0 Å². The largest absolute Gasteiger partial charge is 0.273 e. The average Bonchev–Trinajstić information content (AvgIpc) is 2.78. The van der Waals surface area contributed by atoms with E-state index in [1.54, 1.807) is 31.2 Å². The molecule has 0 saturated carbocycles. The average molecular weight is 346 g/mol. The zero-order valence-corrected chi connectivity index (χ0v) is 13.8. The number of nitrogens with zero attached hydrogens (tertiary/aromatic N) is 1. The lowest BCUT2D eigenvalue weighted by atomic mass is 10.0. The molecular formula is C18H13Cl2NO2. The van der Waals surface area contributed by atoms with Crippen molar-refractivity contribution in [3.05, 3.63) is 75.8 Å². The van der Waals surface area contributed by atoms with Crippen LogP contribution in [0.3, 0.4) is 0 Å². The number of carbonyl (C=O) groups is 2. The van der Waals surface area contributed by atoms with Gasteiger partial charge >= 0.3 is 0 Å². The molecule has 1 heterocycles. The highest BCUT2D eigenvalue weighted by Gasteiger charge is 2.41. The minimum atomic E-state index is -0.474. The summed E-state index contributed by atoms with van der Waals surface area (Å²) in [6, 6.07) is 15.7. The summed E-state index contributed by atoms with van der Waals surface area (Å²) in [5.74, 6) is -0.864. The predicted molar refractivity (Wildman–Crippen MR) is 90.9 cm³/mol. The standard InChI is InChI=1S/C18H13Cl2NO2/c1-11(12-5-3-2-4-6-12)21-17(22)15(16(20)18(21)23)13-7-9-14(19)10-8-13/h2-11H,1H3/t11-/m1/s1. The second-order valence-corrected chi connectivity index (χ2v) is 6.08. The van der Waals surface area contributed by atoms with E-state index in [-0.39, 0.29) is 10.6 Å². The molecule has 0 radical (unpaired) electrons. The van der Waals surface area contributed by atoms with Gasteiger partial charge < -0.3 is 0 Å². The summed E-state index contributed by atoms with van der Waals surface area (Å²) in [6.07, 6.45) is 0. The van der Waals surface area contributed by atoms with E-state index in [4.69, 9.17) is 23.2 Å². The summed E-state index contributed by atoms with van der Waals surface area (Å²) in [6.45, 7) is 1.81. The smallest absolute Gasteiger partial charge is 0.268 e. The first-order valence-corrected chi connectivity index (χ1v) is 7.85. The fourth-order valence-corrected chi connectivity index (χ4v) is 3.03. The lowest BCUT2D eigenvalue weighted by Gasteiger charge is -2.23. The van der Waals surface area contributed by atoms with E-state index < -0.39 is 17.9 Å². The summed E-state index contributed by atoms with van der Waals surface area (Å²) >= 11 is 12.0. The van der Waals surface area contributed by atoms with Gasteiger partial charge in [-0.1, -0.05) is 65.7 Å². The van der Waals surface area contributed by atoms with Gasteiger partial charge in [-0.2, -0.15) is 0 Å². The first kappa shape index (κ1) is 15.8. The van der Waals surface area contributed by atoms with Crippen molar-refractivity contribution >= 4 is 40.6 Å². The Balaban J connectivity index is 1.98. The number of carbonyl (C=O) groups excluding carboxylic acids is 2. The molecule has 5 heteroatoms. The van der Waals surface area contributed by atoms with Gasteiger partial charge in [0.1, 0.15) is 5.03 Å². The monoisotopic (exact) mass is 345 g/mol. The fourth-order valence-electron chi connectivity index (χ4n) is 2.62. The van der Waals surface area contributed by atoms with Crippen LogP contribution >= 0.6 is 23.2 Å². The fraction of sp³-hybridized carbons (Fsp3) is 0.111. The molecule has 2 amide bonds. The molecule has 0 aliphatic carbocycles. The first-order valence-electron chi connectivity index (χ1n) is 7.09. The first-order chi connectivity index (χ1) is 11.0. The van der Waals surface area contributed by atoms with Gasteiger partial charge in [0.25, 0.3) is 11.8 Å². The van der Waals surface area contributed by atoms with Crippen molar-refractivity contribution in [3.8, 4) is 0 Å². The third kappa shape index (κ3) is 2.78. The highest BCUT2D eigenvalue weighted by Crippen LogP contribution is 2.36. The van der Waals surface area contributed by atoms with Gasteiger partial charge in [0.2, 0.25) is 0 Å². The molecule has 0 N–H and O–H groups in total. The zero-order chi connectivity index (χ0) is 16.6. The molecule has 0 bridgehead atoms. The minimum absolute atomic E-state index is 0.0555. The van der Waals surface area contributed by atoms with Crippen LogP contribution in [0.5, 0.6) is 0 Å². The molecule has 0 unspecified atom stereocenters. The van der Waals surface area contributed by atoms with Crippen LogP contribution in [0.25, 0.3) is 5.57 Å². The van der Waals surface area contributed by atoms with E-state index in [2.05, 4.69) is 0 Å². The normalized spacial score (nSPS) is 16.2. The molecule has 1 atom stereocenters. The second kappa shape index (κ2) is 6.19. The lowest BCUT2D eigenvalue weighted by molar-refractivity contribution is -0.139. The Morgan fingerprint density at radius 3 is 2.09 bits per heavy atom. The lowest BCUT2D eigenvalue weighted by Crippen LogP contribution is -2.34. The predicted octanol–water partition coefficient (Wildman–Crippen LogP) is 4.42. The maximum atomic E-state index is 12.8. The van der Waals surface area contributed by atoms with E-state index in [1.165, 1.54) is 4.90 Å². The van der Waals surface area contributed by atoms with Crippen molar-refractivity contribution < 1.29 is 9.59 Å². The highest BCUT2D eigenvalue weighted by atomic mass is 35.5. The molecule has 116 valence electrons. The molecule has 23 heavy (non-hydrogen) atoms. The van der Waals surface area contributed by atoms with Crippen LogP contribution in [0.4, 0.5) is 0 Å². The zero-order valence-electron chi connectivity index (χ0n) is 12.3. The third-order valence-corrected chi connectivity index (χ3v) is 4.46. The Morgan fingerprint density at radius 1 is 0.870 bits per heavy atom. The Kier molecular flexibility index (Phi) is 4.24. The molecule has 2 aromatic carbocycles. The van der Waals surface area contributed by atoms with Crippen LogP contribution < -0.4 is 0 Å².